The first-order valence-electron chi connectivity index (χ1n) is 8.74. The number of aromatic nitrogens is 2. The third-order valence-corrected chi connectivity index (χ3v) is 5.49. The Bertz CT molecular complexity index is 974. The zero-order chi connectivity index (χ0) is 17.9. The molecule has 1 aliphatic carbocycles. The Morgan fingerprint density at radius 3 is 2.60 bits per heavy atom. The Morgan fingerprint density at radius 2 is 2.00 bits per heavy atom. The largest absolute Gasteiger partial charge is 0.369 e. The van der Waals surface area contributed by atoms with Gasteiger partial charge in [-0.05, 0) is 44.6 Å². The molecule has 1 saturated carbocycles. The highest BCUT2D eigenvalue weighted by Crippen LogP contribution is 2.39. The van der Waals surface area contributed by atoms with E-state index in [2.05, 4.69) is 6.42 Å². The molecule has 0 spiro atoms. The van der Waals surface area contributed by atoms with Crippen LogP contribution in [0.1, 0.15) is 37.8 Å². The normalized spacial score (nSPS) is 20.6. The van der Waals surface area contributed by atoms with E-state index in [1.807, 2.05) is 11.8 Å². The first-order valence-corrected chi connectivity index (χ1v) is 8.74. The number of nitrogens with two attached hydrogens (primary N) is 1. The molecular weight excluding hydrogens is 323 g/mol. The summed E-state index contributed by atoms with van der Waals surface area (Å²) in [4.78, 5) is 27.0. The Morgan fingerprint density at radius 1 is 1.28 bits per heavy atom. The van der Waals surface area contributed by atoms with Gasteiger partial charge in [-0.25, -0.2) is 9.18 Å². The average Bonchev–Trinajstić information content (AvgIpc) is 3.31. The van der Waals surface area contributed by atoms with Gasteiger partial charge >= 0.3 is 5.69 Å². The van der Waals surface area contributed by atoms with Crippen LogP contribution >= 0.6 is 0 Å². The molecule has 1 aromatic heterocycles. The second-order valence-electron chi connectivity index (χ2n) is 7.12. The van der Waals surface area contributed by atoms with E-state index in [0.717, 1.165) is 32.4 Å². The minimum absolute atomic E-state index is 0.0395. The van der Waals surface area contributed by atoms with E-state index in [1.54, 1.807) is 11.5 Å². The molecule has 2 aromatic rings. The Hall–Kier alpha value is -2.31. The van der Waals surface area contributed by atoms with Crippen molar-refractivity contribution in [2.75, 3.05) is 23.8 Å². The van der Waals surface area contributed by atoms with Crippen molar-refractivity contribution in [3.8, 4) is 0 Å². The molecule has 1 aliphatic heterocycles. The molecule has 2 heterocycles. The highest BCUT2D eigenvalue weighted by atomic mass is 19.1. The standard InChI is InChI=1S/C18H22FN4O2/c1-3-11-6-7-21(9-11)16-10(2)15-13(8-14(16)19)17(24)23(20)18(25)22(15)12-4-5-12/h3,8,11-12H,4-7,9,20H2,1-2H3/t11-/m0/s1. The predicted octanol–water partition coefficient (Wildman–Crippen LogP) is 1.71. The summed E-state index contributed by atoms with van der Waals surface area (Å²) in [6.07, 6.45) is 4.86. The van der Waals surface area contributed by atoms with Crippen molar-refractivity contribution in [3.63, 3.8) is 0 Å². The quantitative estimate of drug-likeness (QED) is 0.860. The van der Waals surface area contributed by atoms with Crippen LogP contribution < -0.4 is 22.0 Å². The highest BCUT2D eigenvalue weighted by Gasteiger charge is 2.32. The Kier molecular flexibility index (Phi) is 3.63. The van der Waals surface area contributed by atoms with Gasteiger partial charge in [0.05, 0.1) is 16.6 Å². The molecule has 1 atom stereocenters. The fourth-order valence-corrected chi connectivity index (χ4v) is 3.98. The van der Waals surface area contributed by atoms with Crippen LogP contribution in [0, 0.1) is 25.1 Å². The van der Waals surface area contributed by atoms with Gasteiger partial charge in [0.25, 0.3) is 5.56 Å². The van der Waals surface area contributed by atoms with Crippen LogP contribution in [0.15, 0.2) is 15.7 Å². The van der Waals surface area contributed by atoms with Gasteiger partial charge in [-0.15, -0.1) is 0 Å². The number of hydrogen-bond donors (Lipinski definition) is 1. The minimum atomic E-state index is -0.647. The van der Waals surface area contributed by atoms with E-state index in [0.29, 0.717) is 27.4 Å². The molecule has 2 N–H and O–H groups in total. The maximum atomic E-state index is 14.9. The van der Waals surface area contributed by atoms with Crippen molar-refractivity contribution in [3.05, 3.63) is 44.7 Å². The lowest BCUT2D eigenvalue weighted by atomic mass is 10.1. The van der Waals surface area contributed by atoms with Crippen LogP contribution in [-0.4, -0.2) is 22.3 Å². The van der Waals surface area contributed by atoms with Crippen molar-refractivity contribution in [2.45, 2.75) is 39.2 Å². The molecular formula is C18H22FN4O2. The molecule has 133 valence electrons. The van der Waals surface area contributed by atoms with E-state index >= 15 is 0 Å². The molecule has 2 fully saturated rings. The second-order valence-corrected chi connectivity index (χ2v) is 7.12. The minimum Gasteiger partial charge on any atom is -0.369 e. The Labute approximate surface area is 144 Å². The summed E-state index contributed by atoms with van der Waals surface area (Å²) in [5.74, 6) is 5.64. The number of nitrogen functional groups attached to an aromatic ring is 1. The van der Waals surface area contributed by atoms with Gasteiger partial charge in [-0.1, -0.05) is 6.92 Å². The molecule has 2 aliphatic rings. The van der Waals surface area contributed by atoms with Gasteiger partial charge in [0.15, 0.2) is 0 Å². The summed E-state index contributed by atoms with van der Waals surface area (Å²) in [6.45, 7) is 5.33. The lowest BCUT2D eigenvalue weighted by molar-refractivity contribution is 0.617. The summed E-state index contributed by atoms with van der Waals surface area (Å²) in [5, 5.41) is 0.172. The number of anilines is 1. The van der Waals surface area contributed by atoms with Crippen molar-refractivity contribution in [1.29, 1.82) is 0 Å². The Balaban J connectivity index is 2.01. The van der Waals surface area contributed by atoms with Crippen molar-refractivity contribution < 1.29 is 4.39 Å². The van der Waals surface area contributed by atoms with Gasteiger partial charge in [0.2, 0.25) is 0 Å². The monoisotopic (exact) mass is 345 g/mol. The number of halogens is 1. The molecule has 1 aromatic carbocycles. The number of hydrogen-bond acceptors (Lipinski definition) is 4. The summed E-state index contributed by atoms with van der Waals surface area (Å²) in [7, 11) is 0. The number of benzene rings is 1. The molecule has 0 bridgehead atoms. The summed E-state index contributed by atoms with van der Waals surface area (Å²) in [5.41, 5.74) is 0.501. The third-order valence-electron chi connectivity index (χ3n) is 5.49. The summed E-state index contributed by atoms with van der Waals surface area (Å²) in [6, 6.07) is 1.28. The lowest BCUT2D eigenvalue weighted by Gasteiger charge is -2.24. The maximum absolute atomic E-state index is 14.9. The van der Waals surface area contributed by atoms with Crippen LogP contribution in [0.5, 0.6) is 0 Å². The van der Waals surface area contributed by atoms with E-state index < -0.39 is 17.1 Å². The maximum Gasteiger partial charge on any atom is 0.350 e. The molecule has 6 nitrogen and oxygen atoms in total. The zero-order valence-electron chi connectivity index (χ0n) is 14.5. The zero-order valence-corrected chi connectivity index (χ0v) is 14.5. The average molecular weight is 345 g/mol. The first-order chi connectivity index (χ1) is 11.9. The number of rotatable bonds is 3. The molecule has 0 unspecified atom stereocenters. The van der Waals surface area contributed by atoms with Crippen LogP contribution in [-0.2, 0) is 0 Å². The number of fused-ring (bicyclic) bond motifs is 1. The topological polar surface area (TPSA) is 73.3 Å². The van der Waals surface area contributed by atoms with Crippen molar-refractivity contribution >= 4 is 16.6 Å². The smallest absolute Gasteiger partial charge is 0.350 e. The van der Waals surface area contributed by atoms with E-state index in [4.69, 9.17) is 5.84 Å². The van der Waals surface area contributed by atoms with E-state index in [-0.39, 0.29) is 11.4 Å². The van der Waals surface area contributed by atoms with Gasteiger partial charge in [-0.3, -0.25) is 9.36 Å². The van der Waals surface area contributed by atoms with Crippen LogP contribution in [0.3, 0.4) is 0 Å². The number of aryl methyl sites for hydroxylation is 1. The first kappa shape index (κ1) is 16.2. The number of nitrogens with zero attached hydrogens (tertiary/aromatic N) is 3. The van der Waals surface area contributed by atoms with Crippen molar-refractivity contribution in [1.82, 2.24) is 9.24 Å². The second kappa shape index (κ2) is 5.61. The molecule has 1 saturated heterocycles. The fraction of sp³-hybridized carbons (Fsp3) is 0.500. The third kappa shape index (κ3) is 2.36. The van der Waals surface area contributed by atoms with Gasteiger partial charge in [-0.2, -0.15) is 4.68 Å². The van der Waals surface area contributed by atoms with Gasteiger partial charge in [0.1, 0.15) is 5.82 Å². The molecule has 4 rings (SSSR count). The van der Waals surface area contributed by atoms with Crippen LogP contribution in [0.4, 0.5) is 10.1 Å². The van der Waals surface area contributed by atoms with Gasteiger partial charge in [0, 0.05) is 24.7 Å². The molecule has 25 heavy (non-hydrogen) atoms. The molecule has 7 heteroatoms. The molecule has 1 radical (unpaired) electrons. The van der Waals surface area contributed by atoms with E-state index in [1.165, 1.54) is 6.07 Å². The van der Waals surface area contributed by atoms with Crippen LogP contribution in [0.2, 0.25) is 0 Å². The SMILES string of the molecule is C[CH][C@H]1CCN(c2c(F)cc3c(=O)n(N)c(=O)n(C4CC4)c3c2C)C1. The summed E-state index contributed by atoms with van der Waals surface area (Å²) < 4.78 is 17.1. The predicted molar refractivity (Wildman–Crippen MR) is 95.9 cm³/mol. The lowest BCUT2D eigenvalue weighted by Crippen LogP contribution is -2.44. The van der Waals surface area contributed by atoms with E-state index in [9.17, 15) is 14.0 Å². The highest BCUT2D eigenvalue weighted by molar-refractivity contribution is 5.87. The van der Waals surface area contributed by atoms with Crippen molar-refractivity contribution in [2.24, 2.45) is 5.92 Å². The summed E-state index contributed by atoms with van der Waals surface area (Å²) >= 11 is 0. The van der Waals surface area contributed by atoms with Gasteiger partial charge < -0.3 is 10.7 Å². The van der Waals surface area contributed by atoms with Crippen LogP contribution in [0.25, 0.3) is 10.9 Å². The fourth-order valence-electron chi connectivity index (χ4n) is 3.98. The molecule has 0 amide bonds.